The molecule has 2 aromatic heterocycles. The van der Waals surface area contributed by atoms with Gasteiger partial charge in [0.25, 0.3) is 0 Å². The van der Waals surface area contributed by atoms with Crippen molar-refractivity contribution in [1.82, 2.24) is 9.38 Å². The number of hydrogen-bond acceptors (Lipinski definition) is 2. The molecule has 3 aromatic rings. The Morgan fingerprint density at radius 1 is 1.12 bits per heavy atom. The molecule has 3 heteroatoms. The molecule has 0 aliphatic rings. The zero-order valence-corrected chi connectivity index (χ0v) is 9.46. The molecule has 0 fully saturated rings. The number of imidazole rings is 1. The van der Waals surface area contributed by atoms with E-state index in [-0.39, 0.29) is 5.75 Å². The van der Waals surface area contributed by atoms with Gasteiger partial charge in [0.15, 0.2) is 0 Å². The van der Waals surface area contributed by atoms with E-state index in [1.54, 1.807) is 12.1 Å². The second-order valence-electron chi connectivity index (χ2n) is 4.07. The summed E-state index contributed by atoms with van der Waals surface area (Å²) in [6.45, 7) is 2.02. The van der Waals surface area contributed by atoms with E-state index in [1.165, 1.54) is 0 Å². The number of benzene rings is 1. The lowest BCUT2D eigenvalue weighted by Gasteiger charge is -1.98. The van der Waals surface area contributed by atoms with Gasteiger partial charge < -0.3 is 9.51 Å². The lowest BCUT2D eigenvalue weighted by Crippen LogP contribution is -1.83. The fourth-order valence-corrected chi connectivity index (χ4v) is 1.97. The van der Waals surface area contributed by atoms with Gasteiger partial charge >= 0.3 is 0 Å². The van der Waals surface area contributed by atoms with Gasteiger partial charge in [-0.3, -0.25) is 0 Å². The normalized spacial score (nSPS) is 10.9. The third-order valence-electron chi connectivity index (χ3n) is 2.86. The maximum Gasteiger partial charge on any atom is 0.140 e. The van der Waals surface area contributed by atoms with Crippen molar-refractivity contribution in [3.05, 3.63) is 54.4 Å². The molecule has 17 heavy (non-hydrogen) atoms. The van der Waals surface area contributed by atoms with Crippen molar-refractivity contribution in [3.8, 4) is 17.0 Å². The molecule has 0 saturated heterocycles. The van der Waals surface area contributed by atoms with Crippen molar-refractivity contribution in [3.63, 3.8) is 0 Å². The molecule has 0 atom stereocenters. The van der Waals surface area contributed by atoms with Gasteiger partial charge in [-0.2, -0.15) is 0 Å². The molecule has 2 heterocycles. The highest BCUT2D eigenvalue weighted by atomic mass is 16.3. The van der Waals surface area contributed by atoms with Crippen LogP contribution in [0, 0.1) is 6.92 Å². The summed E-state index contributed by atoms with van der Waals surface area (Å²) >= 11 is 0. The van der Waals surface area contributed by atoms with Crippen LogP contribution in [0.1, 0.15) is 5.56 Å². The fraction of sp³-hybridized carbons (Fsp3) is 0.0714. The number of para-hydroxylation sites is 1. The number of fused-ring (bicyclic) bond motifs is 1. The minimum absolute atomic E-state index is 0.258. The van der Waals surface area contributed by atoms with Gasteiger partial charge in [0.05, 0.1) is 5.69 Å². The quantitative estimate of drug-likeness (QED) is 0.690. The molecule has 84 valence electrons. The zero-order valence-electron chi connectivity index (χ0n) is 9.46. The van der Waals surface area contributed by atoms with Crippen molar-refractivity contribution < 1.29 is 5.11 Å². The summed E-state index contributed by atoms with van der Waals surface area (Å²) in [5.41, 5.74) is 3.59. The van der Waals surface area contributed by atoms with E-state index in [0.29, 0.717) is 0 Å². The van der Waals surface area contributed by atoms with Crippen LogP contribution >= 0.6 is 0 Å². The van der Waals surface area contributed by atoms with Crippen molar-refractivity contribution in [2.45, 2.75) is 6.92 Å². The maximum atomic E-state index is 9.81. The van der Waals surface area contributed by atoms with Gasteiger partial charge in [-0.15, -0.1) is 0 Å². The largest absolute Gasteiger partial charge is 0.507 e. The summed E-state index contributed by atoms with van der Waals surface area (Å²) in [4.78, 5) is 4.55. The third-order valence-corrected chi connectivity index (χ3v) is 2.86. The molecule has 1 aromatic carbocycles. The Labute approximate surface area is 99.0 Å². The van der Waals surface area contributed by atoms with Crippen LogP contribution in [0.4, 0.5) is 0 Å². The van der Waals surface area contributed by atoms with Crippen LogP contribution in [0.25, 0.3) is 16.9 Å². The Morgan fingerprint density at radius 3 is 2.71 bits per heavy atom. The van der Waals surface area contributed by atoms with Crippen molar-refractivity contribution in [1.29, 1.82) is 0 Å². The standard InChI is InChI=1S/C14H12N2O/c1-10-5-4-8-16-9-12(15-14(10)16)11-6-2-3-7-13(11)17/h2-9,17H,1H3. The van der Waals surface area contributed by atoms with E-state index in [2.05, 4.69) is 4.98 Å². The van der Waals surface area contributed by atoms with Gasteiger partial charge in [-0.1, -0.05) is 18.2 Å². The summed E-state index contributed by atoms with van der Waals surface area (Å²) in [7, 11) is 0. The van der Waals surface area contributed by atoms with E-state index in [1.807, 2.05) is 48.0 Å². The summed E-state index contributed by atoms with van der Waals surface area (Å²) in [6, 6.07) is 11.3. The molecular weight excluding hydrogens is 212 g/mol. The molecule has 0 spiro atoms. The molecule has 0 unspecified atom stereocenters. The van der Waals surface area contributed by atoms with Crippen molar-refractivity contribution in [2.75, 3.05) is 0 Å². The number of aromatic nitrogens is 2. The van der Waals surface area contributed by atoms with E-state index in [4.69, 9.17) is 0 Å². The topological polar surface area (TPSA) is 37.5 Å². The molecule has 1 N–H and O–H groups in total. The molecule has 0 bridgehead atoms. The van der Waals surface area contributed by atoms with Crippen LogP contribution in [-0.4, -0.2) is 14.5 Å². The Hall–Kier alpha value is -2.29. The lowest BCUT2D eigenvalue weighted by molar-refractivity contribution is 0.477. The summed E-state index contributed by atoms with van der Waals surface area (Å²) < 4.78 is 1.97. The lowest BCUT2D eigenvalue weighted by atomic mass is 10.1. The molecule has 3 nitrogen and oxygen atoms in total. The van der Waals surface area contributed by atoms with Gasteiger partial charge in [0, 0.05) is 18.0 Å². The highest BCUT2D eigenvalue weighted by molar-refractivity contribution is 5.69. The molecule has 3 rings (SSSR count). The number of phenolic OH excluding ortho intramolecular Hbond substituents is 1. The van der Waals surface area contributed by atoms with E-state index in [0.717, 1.165) is 22.5 Å². The molecule has 0 saturated carbocycles. The van der Waals surface area contributed by atoms with Gasteiger partial charge in [-0.05, 0) is 30.7 Å². The number of aromatic hydroxyl groups is 1. The van der Waals surface area contributed by atoms with Crippen LogP contribution in [0.3, 0.4) is 0 Å². The predicted molar refractivity (Wildman–Crippen MR) is 67.0 cm³/mol. The number of hydrogen-bond donors (Lipinski definition) is 1. The van der Waals surface area contributed by atoms with Crippen molar-refractivity contribution in [2.24, 2.45) is 0 Å². The molecule has 0 radical (unpaired) electrons. The molecular formula is C14H12N2O. The number of nitrogens with zero attached hydrogens (tertiary/aromatic N) is 2. The number of aryl methyl sites for hydroxylation is 1. The first-order valence-corrected chi connectivity index (χ1v) is 5.48. The Kier molecular flexibility index (Phi) is 2.11. The summed E-state index contributed by atoms with van der Waals surface area (Å²) in [6.07, 6.45) is 3.89. The second kappa shape index (κ2) is 3.63. The smallest absolute Gasteiger partial charge is 0.140 e. The van der Waals surface area contributed by atoms with E-state index >= 15 is 0 Å². The first-order valence-electron chi connectivity index (χ1n) is 5.48. The Balaban J connectivity index is 2.26. The highest BCUT2D eigenvalue weighted by Gasteiger charge is 2.08. The van der Waals surface area contributed by atoms with Crippen LogP contribution < -0.4 is 0 Å². The maximum absolute atomic E-state index is 9.81. The first kappa shape index (κ1) is 9.90. The minimum Gasteiger partial charge on any atom is -0.507 e. The number of rotatable bonds is 1. The van der Waals surface area contributed by atoms with Crippen LogP contribution in [-0.2, 0) is 0 Å². The van der Waals surface area contributed by atoms with E-state index < -0.39 is 0 Å². The fourth-order valence-electron chi connectivity index (χ4n) is 1.97. The van der Waals surface area contributed by atoms with Crippen LogP contribution in [0.15, 0.2) is 48.8 Å². The third kappa shape index (κ3) is 1.56. The average molecular weight is 224 g/mol. The SMILES string of the molecule is Cc1cccn2cc(-c3ccccc3O)nc12. The molecule has 0 aliphatic carbocycles. The zero-order chi connectivity index (χ0) is 11.8. The average Bonchev–Trinajstić information content (AvgIpc) is 2.75. The Bertz CT molecular complexity index is 686. The predicted octanol–water partition coefficient (Wildman–Crippen LogP) is 3.02. The summed E-state index contributed by atoms with van der Waals surface area (Å²) in [5, 5.41) is 9.81. The van der Waals surface area contributed by atoms with Gasteiger partial charge in [-0.25, -0.2) is 4.98 Å². The Morgan fingerprint density at radius 2 is 1.94 bits per heavy atom. The molecule has 0 amide bonds. The highest BCUT2D eigenvalue weighted by Crippen LogP contribution is 2.28. The monoisotopic (exact) mass is 224 g/mol. The first-order chi connectivity index (χ1) is 8.25. The molecule has 0 aliphatic heterocycles. The number of phenols is 1. The number of pyridine rings is 1. The van der Waals surface area contributed by atoms with Crippen LogP contribution in [0.5, 0.6) is 5.75 Å². The van der Waals surface area contributed by atoms with Gasteiger partial charge in [0.1, 0.15) is 11.4 Å². The van der Waals surface area contributed by atoms with Crippen molar-refractivity contribution >= 4 is 5.65 Å². The van der Waals surface area contributed by atoms with E-state index in [9.17, 15) is 5.11 Å². The summed E-state index contributed by atoms with van der Waals surface area (Å²) in [5.74, 6) is 0.258. The van der Waals surface area contributed by atoms with Gasteiger partial charge in [0.2, 0.25) is 0 Å². The minimum atomic E-state index is 0.258. The second-order valence-corrected chi connectivity index (χ2v) is 4.07. The van der Waals surface area contributed by atoms with Crippen LogP contribution in [0.2, 0.25) is 0 Å².